The summed E-state index contributed by atoms with van der Waals surface area (Å²) in [6, 6.07) is 0. The van der Waals surface area contributed by atoms with E-state index in [1.807, 2.05) is 0 Å². The maximum atomic E-state index is 4.30. The minimum atomic E-state index is 0. The van der Waals surface area contributed by atoms with Crippen molar-refractivity contribution in [2.24, 2.45) is 16.2 Å². The van der Waals surface area contributed by atoms with Crippen molar-refractivity contribution >= 4 is 0 Å². The van der Waals surface area contributed by atoms with Crippen molar-refractivity contribution in [2.75, 3.05) is 0 Å². The van der Waals surface area contributed by atoms with Crippen LogP contribution in [-0.2, 0) is 65.4 Å². The third-order valence-electron chi connectivity index (χ3n) is 1.86. The van der Waals surface area contributed by atoms with E-state index in [2.05, 4.69) is 55.4 Å². The Bertz CT molecular complexity index is 140. The quantitative estimate of drug-likeness (QED) is 0.650. The molecule has 0 aromatic carbocycles. The number of rotatable bonds is 3. The second kappa shape index (κ2) is 7.60. The Morgan fingerprint density at radius 3 is 1.27 bits per heavy atom. The first-order chi connectivity index (χ1) is 5.41. The van der Waals surface area contributed by atoms with E-state index in [1.165, 1.54) is 0 Å². The Labute approximate surface area is 148 Å². The summed E-state index contributed by atoms with van der Waals surface area (Å²) in [4.78, 5) is 0. The van der Waals surface area contributed by atoms with Gasteiger partial charge < -0.3 is 13.8 Å². The van der Waals surface area contributed by atoms with Crippen molar-refractivity contribution in [3.05, 3.63) is 13.8 Å². The predicted octanol–water partition coefficient (Wildman–Crippen LogP) is 4.51. The van der Waals surface area contributed by atoms with Gasteiger partial charge in [-0.1, -0.05) is 54.4 Å². The molecule has 0 N–H and O–H groups in total. The SMILES string of the molecule is [CH2-]C(C)(C)C[C@]([CH2-])(C)CC(C)(C)C.[Y].[Y]. The standard InChI is InChI=1S/C13H26.2Y/c1-11(2,3)9-13(7,8)10-12(4,5)6;;/h1,7,9-10H2,2-6,8H3;;/q-2;;/t13-;;/m0../s1. The molecule has 1 atom stereocenters. The van der Waals surface area contributed by atoms with E-state index in [4.69, 9.17) is 0 Å². The van der Waals surface area contributed by atoms with Crippen LogP contribution in [-0.4, -0.2) is 0 Å². The van der Waals surface area contributed by atoms with Crippen LogP contribution in [0.3, 0.4) is 0 Å². The monoisotopic (exact) mass is 360 g/mol. The van der Waals surface area contributed by atoms with Gasteiger partial charge in [-0.05, 0) is 5.41 Å². The number of hydrogen-bond acceptors (Lipinski definition) is 0. The molecule has 15 heavy (non-hydrogen) atoms. The second-order valence-corrected chi connectivity index (χ2v) is 6.89. The van der Waals surface area contributed by atoms with Gasteiger partial charge in [-0.2, -0.15) is 10.8 Å². The summed E-state index contributed by atoms with van der Waals surface area (Å²) >= 11 is 0. The zero-order chi connectivity index (χ0) is 10.9. The van der Waals surface area contributed by atoms with Gasteiger partial charge in [0.15, 0.2) is 0 Å². The van der Waals surface area contributed by atoms with Crippen LogP contribution in [0.4, 0.5) is 0 Å². The van der Waals surface area contributed by atoms with Gasteiger partial charge >= 0.3 is 0 Å². The molecule has 2 heteroatoms. The van der Waals surface area contributed by atoms with Crippen LogP contribution in [0.5, 0.6) is 0 Å². The molecule has 0 bridgehead atoms. The van der Waals surface area contributed by atoms with Gasteiger partial charge in [-0.3, -0.25) is 0 Å². The Morgan fingerprint density at radius 2 is 1.07 bits per heavy atom. The fourth-order valence-corrected chi connectivity index (χ4v) is 2.50. The van der Waals surface area contributed by atoms with E-state index in [1.54, 1.807) is 0 Å². The summed E-state index contributed by atoms with van der Waals surface area (Å²) in [5, 5.41) is 0. The molecule has 0 amide bonds. The second-order valence-electron chi connectivity index (χ2n) is 6.89. The molecule has 0 aliphatic rings. The third-order valence-corrected chi connectivity index (χ3v) is 1.86. The molecule has 0 spiro atoms. The third kappa shape index (κ3) is 16.2. The molecule has 2 radical (unpaired) electrons. The summed E-state index contributed by atoms with van der Waals surface area (Å²) in [6.45, 7) is 21.9. The first-order valence-electron chi connectivity index (χ1n) is 5.12. The van der Waals surface area contributed by atoms with Gasteiger partial charge in [0.1, 0.15) is 0 Å². The van der Waals surface area contributed by atoms with E-state index >= 15 is 0 Å². The summed E-state index contributed by atoms with van der Waals surface area (Å²) in [6.07, 6.45) is 2.23. The van der Waals surface area contributed by atoms with Gasteiger partial charge in [-0.15, -0.1) is 0 Å². The van der Waals surface area contributed by atoms with Crippen LogP contribution < -0.4 is 0 Å². The molecular formula is C13H26Y2-2. The van der Waals surface area contributed by atoms with Crippen LogP contribution in [0.2, 0.25) is 0 Å². The van der Waals surface area contributed by atoms with E-state index in [0.717, 1.165) is 12.8 Å². The first kappa shape index (κ1) is 22.4. The molecule has 0 unspecified atom stereocenters. The van der Waals surface area contributed by atoms with Crippen molar-refractivity contribution in [1.29, 1.82) is 0 Å². The number of hydrogen-bond donors (Lipinski definition) is 0. The van der Waals surface area contributed by atoms with Crippen molar-refractivity contribution in [1.82, 2.24) is 0 Å². The average molecular weight is 360 g/mol. The molecule has 0 aromatic rings. The molecule has 0 saturated heterocycles. The largest absolute Gasteiger partial charge is 0.338 e. The molecule has 0 aliphatic heterocycles. The molecule has 0 heterocycles. The Kier molecular flexibility index (Phi) is 11.3. The molecule has 0 aliphatic carbocycles. The zero-order valence-electron chi connectivity index (χ0n) is 11.5. The first-order valence-corrected chi connectivity index (χ1v) is 5.12. The smallest absolute Gasteiger partial charge is 0 e. The van der Waals surface area contributed by atoms with Crippen LogP contribution in [0.1, 0.15) is 54.4 Å². The predicted molar refractivity (Wildman–Crippen MR) is 61.3 cm³/mol. The summed E-state index contributed by atoms with van der Waals surface area (Å²) in [7, 11) is 0. The van der Waals surface area contributed by atoms with E-state index in [-0.39, 0.29) is 76.2 Å². The summed E-state index contributed by atoms with van der Waals surface area (Å²) in [5.41, 5.74) is 0.660. The van der Waals surface area contributed by atoms with Crippen molar-refractivity contribution in [3.63, 3.8) is 0 Å². The molecule has 0 aromatic heterocycles. The van der Waals surface area contributed by atoms with Crippen LogP contribution in [0.25, 0.3) is 0 Å². The fourth-order valence-electron chi connectivity index (χ4n) is 2.50. The minimum absolute atomic E-state index is 0. The molecule has 0 fully saturated rings. The van der Waals surface area contributed by atoms with Gasteiger partial charge in [0, 0.05) is 65.4 Å². The summed E-state index contributed by atoms with van der Waals surface area (Å²) in [5.74, 6) is 0. The maximum absolute atomic E-state index is 4.30. The normalized spacial score (nSPS) is 16.0. The molecule has 86 valence electrons. The van der Waals surface area contributed by atoms with Crippen molar-refractivity contribution in [2.45, 2.75) is 54.4 Å². The fraction of sp³-hybridized carbons (Fsp3) is 0.846. The van der Waals surface area contributed by atoms with E-state index in [0.29, 0.717) is 5.41 Å². The van der Waals surface area contributed by atoms with Crippen LogP contribution in [0.15, 0.2) is 0 Å². The molecular weight excluding hydrogens is 334 g/mol. The summed E-state index contributed by atoms with van der Waals surface area (Å²) < 4.78 is 0. The van der Waals surface area contributed by atoms with Gasteiger partial charge in [0.2, 0.25) is 0 Å². The van der Waals surface area contributed by atoms with E-state index < -0.39 is 0 Å². The topological polar surface area (TPSA) is 0 Å². The van der Waals surface area contributed by atoms with Crippen LogP contribution in [0, 0.1) is 30.1 Å². The minimum Gasteiger partial charge on any atom is -0.338 e. The Hall–Kier alpha value is 2.21. The van der Waals surface area contributed by atoms with Crippen molar-refractivity contribution in [3.8, 4) is 0 Å². The Balaban J connectivity index is -0.000000720. The zero-order valence-corrected chi connectivity index (χ0v) is 17.2. The average Bonchev–Trinajstić information content (AvgIpc) is 1.43. The van der Waals surface area contributed by atoms with Gasteiger partial charge in [-0.25, -0.2) is 0 Å². The van der Waals surface area contributed by atoms with Crippen LogP contribution >= 0.6 is 0 Å². The van der Waals surface area contributed by atoms with Gasteiger partial charge in [0.25, 0.3) is 0 Å². The molecule has 0 saturated carbocycles. The Morgan fingerprint density at radius 1 is 0.733 bits per heavy atom. The molecule has 0 rings (SSSR count). The van der Waals surface area contributed by atoms with Crippen molar-refractivity contribution < 1.29 is 65.4 Å². The molecule has 0 nitrogen and oxygen atoms in total. The van der Waals surface area contributed by atoms with E-state index in [9.17, 15) is 0 Å². The van der Waals surface area contributed by atoms with Gasteiger partial charge in [0.05, 0.1) is 0 Å². The maximum Gasteiger partial charge on any atom is 0 e.